The number of halogens is 2. The molecule has 0 aliphatic carbocycles. The Labute approximate surface area is 134 Å². The Morgan fingerprint density at radius 3 is 2.81 bits per heavy atom. The number of para-hydroxylation sites is 1. The average molecular weight is 322 g/mol. The molecular weight excluding hydrogens is 305 g/mol. The van der Waals surface area contributed by atoms with Gasteiger partial charge in [0.25, 0.3) is 0 Å². The summed E-state index contributed by atoms with van der Waals surface area (Å²) < 4.78 is 5.69. The van der Waals surface area contributed by atoms with Crippen molar-refractivity contribution in [2.24, 2.45) is 5.73 Å². The van der Waals surface area contributed by atoms with Crippen LogP contribution >= 0.6 is 23.2 Å². The molecule has 2 unspecified atom stereocenters. The van der Waals surface area contributed by atoms with E-state index in [-0.39, 0.29) is 6.04 Å². The van der Waals surface area contributed by atoms with E-state index in [9.17, 15) is 0 Å². The van der Waals surface area contributed by atoms with Gasteiger partial charge in [-0.3, -0.25) is 0 Å². The number of hydrogen-bond donors (Lipinski definition) is 1. The number of fused-ring (bicyclic) bond motifs is 1. The second kappa shape index (κ2) is 6.27. The third kappa shape index (κ3) is 3.18. The van der Waals surface area contributed by atoms with Crippen molar-refractivity contribution in [2.75, 3.05) is 6.61 Å². The molecule has 2 aromatic rings. The topological polar surface area (TPSA) is 35.2 Å². The first-order valence-corrected chi connectivity index (χ1v) is 7.82. The van der Waals surface area contributed by atoms with E-state index in [4.69, 9.17) is 33.7 Å². The standard InChI is InChI=1S/C17H17Cl2NO/c18-12-6-5-11(15(19)10-12)9-16(20)13-7-8-21-17-4-2-1-3-14(13)17/h1-6,10,13,16H,7-9,20H2. The number of rotatable bonds is 3. The number of ether oxygens (including phenoxy) is 1. The summed E-state index contributed by atoms with van der Waals surface area (Å²) in [6, 6.07) is 13.7. The summed E-state index contributed by atoms with van der Waals surface area (Å²) in [5.41, 5.74) is 8.69. The maximum absolute atomic E-state index is 6.46. The molecule has 1 heterocycles. The molecule has 0 aromatic heterocycles. The molecule has 0 saturated heterocycles. The molecule has 0 amide bonds. The molecule has 3 rings (SSSR count). The third-order valence-corrected chi connectivity index (χ3v) is 4.58. The molecule has 110 valence electrons. The minimum atomic E-state index is 0.00808. The van der Waals surface area contributed by atoms with Gasteiger partial charge in [-0.15, -0.1) is 0 Å². The second-order valence-corrected chi connectivity index (χ2v) is 6.23. The van der Waals surface area contributed by atoms with E-state index in [0.29, 0.717) is 22.6 Å². The molecule has 1 aliphatic heterocycles. The van der Waals surface area contributed by atoms with Crippen LogP contribution in [0.25, 0.3) is 0 Å². The number of benzene rings is 2. The van der Waals surface area contributed by atoms with Crippen molar-refractivity contribution in [1.82, 2.24) is 0 Å². The molecule has 0 bridgehead atoms. The normalized spacial score (nSPS) is 18.7. The van der Waals surface area contributed by atoms with E-state index in [1.54, 1.807) is 6.07 Å². The van der Waals surface area contributed by atoms with Crippen molar-refractivity contribution in [3.05, 3.63) is 63.6 Å². The predicted octanol–water partition coefficient (Wildman–Crippen LogP) is 4.43. The molecule has 2 nitrogen and oxygen atoms in total. The summed E-state index contributed by atoms with van der Waals surface area (Å²) in [6.07, 6.45) is 1.67. The van der Waals surface area contributed by atoms with Crippen molar-refractivity contribution in [3.63, 3.8) is 0 Å². The minimum Gasteiger partial charge on any atom is -0.493 e. The molecule has 2 aromatic carbocycles. The van der Waals surface area contributed by atoms with Gasteiger partial charge >= 0.3 is 0 Å². The Morgan fingerprint density at radius 2 is 2.00 bits per heavy atom. The fourth-order valence-electron chi connectivity index (χ4n) is 2.90. The van der Waals surface area contributed by atoms with Crippen LogP contribution in [0.4, 0.5) is 0 Å². The van der Waals surface area contributed by atoms with Gasteiger partial charge in [0, 0.05) is 22.0 Å². The summed E-state index contributed by atoms with van der Waals surface area (Å²) in [4.78, 5) is 0. The van der Waals surface area contributed by atoms with Crippen molar-refractivity contribution in [2.45, 2.75) is 24.8 Å². The molecule has 2 N–H and O–H groups in total. The third-order valence-electron chi connectivity index (χ3n) is 3.99. The van der Waals surface area contributed by atoms with Gasteiger partial charge in [-0.2, -0.15) is 0 Å². The fraction of sp³-hybridized carbons (Fsp3) is 0.294. The lowest BCUT2D eigenvalue weighted by Gasteiger charge is -2.30. The predicted molar refractivity (Wildman–Crippen MR) is 87.4 cm³/mol. The summed E-state index contributed by atoms with van der Waals surface area (Å²) in [5.74, 6) is 1.24. The van der Waals surface area contributed by atoms with E-state index in [1.165, 1.54) is 5.56 Å². The van der Waals surface area contributed by atoms with Gasteiger partial charge in [0.15, 0.2) is 0 Å². The van der Waals surface area contributed by atoms with Crippen molar-refractivity contribution in [3.8, 4) is 5.75 Å². The van der Waals surface area contributed by atoms with Crippen LogP contribution in [-0.2, 0) is 6.42 Å². The monoisotopic (exact) mass is 321 g/mol. The van der Waals surface area contributed by atoms with Gasteiger partial charge < -0.3 is 10.5 Å². The van der Waals surface area contributed by atoms with Crippen LogP contribution < -0.4 is 10.5 Å². The van der Waals surface area contributed by atoms with Crippen molar-refractivity contribution >= 4 is 23.2 Å². The smallest absolute Gasteiger partial charge is 0.122 e. The van der Waals surface area contributed by atoms with Gasteiger partial charge in [0.2, 0.25) is 0 Å². The first-order valence-electron chi connectivity index (χ1n) is 7.06. The maximum Gasteiger partial charge on any atom is 0.122 e. The lowest BCUT2D eigenvalue weighted by molar-refractivity contribution is 0.254. The van der Waals surface area contributed by atoms with Crippen LogP contribution in [-0.4, -0.2) is 12.6 Å². The molecule has 0 radical (unpaired) electrons. The summed E-state index contributed by atoms with van der Waals surface area (Å²) in [6.45, 7) is 0.712. The van der Waals surface area contributed by atoms with Crippen molar-refractivity contribution < 1.29 is 4.74 Å². The molecule has 4 heteroatoms. The Morgan fingerprint density at radius 1 is 1.19 bits per heavy atom. The van der Waals surface area contributed by atoms with Gasteiger partial charge in [-0.1, -0.05) is 47.5 Å². The van der Waals surface area contributed by atoms with E-state index < -0.39 is 0 Å². The molecule has 1 aliphatic rings. The zero-order valence-corrected chi connectivity index (χ0v) is 13.1. The molecule has 2 atom stereocenters. The Bertz CT molecular complexity index is 644. The highest BCUT2D eigenvalue weighted by Crippen LogP contribution is 2.36. The first kappa shape index (κ1) is 14.7. The van der Waals surface area contributed by atoms with Crippen LogP contribution in [0.3, 0.4) is 0 Å². The summed E-state index contributed by atoms with van der Waals surface area (Å²) in [7, 11) is 0. The van der Waals surface area contributed by atoms with E-state index in [1.807, 2.05) is 30.3 Å². The zero-order chi connectivity index (χ0) is 14.8. The van der Waals surface area contributed by atoms with Crippen LogP contribution in [0, 0.1) is 0 Å². The fourth-order valence-corrected chi connectivity index (χ4v) is 3.38. The molecular formula is C17H17Cl2NO. The molecule has 0 saturated carbocycles. The highest BCUT2D eigenvalue weighted by atomic mass is 35.5. The Kier molecular flexibility index (Phi) is 4.39. The quantitative estimate of drug-likeness (QED) is 0.907. The molecule has 0 fully saturated rings. The van der Waals surface area contributed by atoms with Crippen LogP contribution in [0.5, 0.6) is 5.75 Å². The van der Waals surface area contributed by atoms with E-state index in [2.05, 4.69) is 6.07 Å². The molecule has 0 spiro atoms. The highest BCUT2D eigenvalue weighted by molar-refractivity contribution is 6.35. The lowest BCUT2D eigenvalue weighted by Crippen LogP contribution is -2.34. The van der Waals surface area contributed by atoms with E-state index >= 15 is 0 Å². The van der Waals surface area contributed by atoms with Crippen LogP contribution in [0.2, 0.25) is 10.0 Å². The van der Waals surface area contributed by atoms with Gasteiger partial charge in [0.1, 0.15) is 5.75 Å². The second-order valence-electron chi connectivity index (χ2n) is 5.39. The number of nitrogens with two attached hydrogens (primary N) is 1. The van der Waals surface area contributed by atoms with Gasteiger partial charge in [-0.25, -0.2) is 0 Å². The Hall–Kier alpha value is -1.22. The largest absolute Gasteiger partial charge is 0.493 e. The first-order chi connectivity index (χ1) is 10.1. The van der Waals surface area contributed by atoms with Crippen molar-refractivity contribution in [1.29, 1.82) is 0 Å². The van der Waals surface area contributed by atoms with Crippen LogP contribution in [0.15, 0.2) is 42.5 Å². The van der Waals surface area contributed by atoms with Gasteiger partial charge in [0.05, 0.1) is 6.61 Å². The Balaban J connectivity index is 1.81. The highest BCUT2D eigenvalue weighted by Gasteiger charge is 2.27. The zero-order valence-electron chi connectivity index (χ0n) is 11.6. The lowest BCUT2D eigenvalue weighted by atomic mass is 9.84. The summed E-state index contributed by atoms with van der Waals surface area (Å²) in [5, 5.41) is 1.33. The average Bonchev–Trinajstić information content (AvgIpc) is 2.49. The van der Waals surface area contributed by atoms with Crippen LogP contribution in [0.1, 0.15) is 23.5 Å². The molecule has 21 heavy (non-hydrogen) atoms. The maximum atomic E-state index is 6.46. The van der Waals surface area contributed by atoms with E-state index in [0.717, 1.165) is 24.2 Å². The minimum absolute atomic E-state index is 0.00808. The number of hydrogen-bond acceptors (Lipinski definition) is 2. The van der Waals surface area contributed by atoms with Gasteiger partial charge in [-0.05, 0) is 42.2 Å². The SMILES string of the molecule is NC(Cc1ccc(Cl)cc1Cl)C1CCOc2ccccc21. The summed E-state index contributed by atoms with van der Waals surface area (Å²) >= 11 is 12.2.